The maximum absolute atomic E-state index is 12.2. The smallest absolute Gasteiger partial charge is 0.265 e. The monoisotopic (exact) mass is 298 g/mol. The molecule has 2 heterocycles. The van der Waals surface area contributed by atoms with Crippen molar-refractivity contribution in [1.29, 1.82) is 0 Å². The first kappa shape index (κ1) is 15.1. The number of nitrogens with zero attached hydrogens (tertiary/aromatic N) is 2. The third-order valence-corrected chi connectivity index (χ3v) is 4.86. The van der Waals surface area contributed by atoms with E-state index in [0.717, 1.165) is 31.1 Å². The van der Waals surface area contributed by atoms with Crippen molar-refractivity contribution >= 4 is 28.2 Å². The summed E-state index contributed by atoms with van der Waals surface area (Å²) >= 11 is 1.34. The second-order valence-electron chi connectivity index (χ2n) is 5.33. The molecule has 0 spiro atoms. The highest BCUT2D eigenvalue weighted by molar-refractivity contribution is 7.18. The molecule has 20 heavy (non-hydrogen) atoms. The molecule has 4 N–H and O–H groups in total. The number of aliphatic hydroxyl groups is 1. The zero-order valence-corrected chi connectivity index (χ0v) is 12.7. The number of aromatic nitrogens is 1. The van der Waals surface area contributed by atoms with E-state index in [-0.39, 0.29) is 24.5 Å². The molecule has 2 rings (SSSR count). The topological polar surface area (TPSA) is 91.5 Å². The molecule has 0 radical (unpaired) electrons. The van der Waals surface area contributed by atoms with Gasteiger partial charge in [0.25, 0.3) is 5.91 Å². The van der Waals surface area contributed by atoms with E-state index in [9.17, 15) is 4.79 Å². The van der Waals surface area contributed by atoms with Crippen molar-refractivity contribution in [2.75, 3.05) is 30.3 Å². The third kappa shape index (κ3) is 3.21. The Morgan fingerprint density at radius 1 is 1.50 bits per heavy atom. The molecule has 112 valence electrons. The van der Waals surface area contributed by atoms with Gasteiger partial charge in [-0.25, -0.2) is 4.98 Å². The number of hydrogen-bond acceptors (Lipinski definition) is 6. The molecule has 7 heteroatoms. The minimum atomic E-state index is -0.210. The molecule has 0 aromatic carbocycles. The maximum Gasteiger partial charge on any atom is 0.265 e. The molecule has 0 aliphatic carbocycles. The summed E-state index contributed by atoms with van der Waals surface area (Å²) in [6.45, 7) is 5.75. The predicted molar refractivity (Wildman–Crippen MR) is 81.2 cm³/mol. The van der Waals surface area contributed by atoms with E-state index in [1.807, 2.05) is 13.8 Å². The van der Waals surface area contributed by atoms with Crippen molar-refractivity contribution in [2.45, 2.75) is 32.7 Å². The zero-order chi connectivity index (χ0) is 14.7. The summed E-state index contributed by atoms with van der Waals surface area (Å²) in [7, 11) is 0. The fraction of sp³-hybridized carbons (Fsp3) is 0.692. The van der Waals surface area contributed by atoms with Crippen LogP contribution >= 0.6 is 11.3 Å². The normalized spacial score (nSPS) is 18.1. The van der Waals surface area contributed by atoms with Crippen LogP contribution in [-0.4, -0.2) is 41.7 Å². The molecule has 2 atom stereocenters. The Morgan fingerprint density at radius 2 is 2.15 bits per heavy atom. The molecule has 1 saturated heterocycles. The van der Waals surface area contributed by atoms with E-state index in [4.69, 9.17) is 10.8 Å². The van der Waals surface area contributed by atoms with Gasteiger partial charge in [-0.05, 0) is 25.7 Å². The number of carbonyl (C=O) groups excluding carboxylic acids is 1. The summed E-state index contributed by atoms with van der Waals surface area (Å²) < 4.78 is 0. The van der Waals surface area contributed by atoms with Gasteiger partial charge in [0.15, 0.2) is 5.13 Å². The van der Waals surface area contributed by atoms with Crippen molar-refractivity contribution in [2.24, 2.45) is 5.92 Å². The van der Waals surface area contributed by atoms with Crippen LogP contribution in [0.4, 0.5) is 10.9 Å². The van der Waals surface area contributed by atoms with Crippen LogP contribution in [0.1, 0.15) is 36.4 Å². The van der Waals surface area contributed by atoms with Gasteiger partial charge in [-0.3, -0.25) is 4.79 Å². The van der Waals surface area contributed by atoms with Gasteiger partial charge >= 0.3 is 0 Å². The number of carbonyl (C=O) groups is 1. The predicted octanol–water partition coefficient (Wildman–Crippen LogP) is 1.07. The highest BCUT2D eigenvalue weighted by Gasteiger charge is 2.23. The molecule has 1 fully saturated rings. The minimum Gasteiger partial charge on any atom is -0.396 e. The molecule has 0 bridgehead atoms. The fourth-order valence-corrected chi connectivity index (χ4v) is 3.04. The van der Waals surface area contributed by atoms with E-state index < -0.39 is 0 Å². The van der Waals surface area contributed by atoms with E-state index in [1.54, 1.807) is 0 Å². The number of nitrogens with two attached hydrogens (primary N) is 1. The van der Waals surface area contributed by atoms with Crippen LogP contribution in [0.3, 0.4) is 0 Å². The van der Waals surface area contributed by atoms with Crippen molar-refractivity contribution in [3.63, 3.8) is 0 Å². The van der Waals surface area contributed by atoms with Gasteiger partial charge in [-0.1, -0.05) is 18.3 Å². The fourth-order valence-electron chi connectivity index (χ4n) is 2.10. The lowest BCUT2D eigenvalue weighted by Crippen LogP contribution is -2.38. The van der Waals surface area contributed by atoms with E-state index in [1.165, 1.54) is 11.3 Å². The van der Waals surface area contributed by atoms with Gasteiger partial charge in [0.05, 0.1) is 0 Å². The Bertz CT molecular complexity index is 471. The van der Waals surface area contributed by atoms with Crippen molar-refractivity contribution in [3.05, 3.63) is 4.88 Å². The van der Waals surface area contributed by atoms with E-state index in [0.29, 0.717) is 10.7 Å². The van der Waals surface area contributed by atoms with E-state index >= 15 is 0 Å². The van der Waals surface area contributed by atoms with Gasteiger partial charge < -0.3 is 21.1 Å². The summed E-state index contributed by atoms with van der Waals surface area (Å²) in [5.74, 6) is 0.0858. The van der Waals surface area contributed by atoms with Crippen LogP contribution in [0.5, 0.6) is 0 Å². The van der Waals surface area contributed by atoms with Gasteiger partial charge in [0.1, 0.15) is 10.7 Å². The molecule has 1 aliphatic heterocycles. The van der Waals surface area contributed by atoms with Crippen LogP contribution in [0.2, 0.25) is 0 Å². The highest BCUT2D eigenvalue weighted by atomic mass is 32.1. The number of anilines is 2. The van der Waals surface area contributed by atoms with Gasteiger partial charge in [-0.15, -0.1) is 0 Å². The molecule has 1 aromatic rings. The summed E-state index contributed by atoms with van der Waals surface area (Å²) in [5.41, 5.74) is 5.86. The third-order valence-electron chi connectivity index (χ3n) is 3.73. The summed E-state index contributed by atoms with van der Waals surface area (Å²) in [6.07, 6.45) is 2.32. The first-order valence-electron chi connectivity index (χ1n) is 6.96. The lowest BCUT2D eigenvalue weighted by molar-refractivity contribution is 0.0921. The molecule has 1 amide bonds. The summed E-state index contributed by atoms with van der Waals surface area (Å²) in [5, 5.41) is 12.8. The zero-order valence-electron chi connectivity index (χ0n) is 11.9. The Hall–Kier alpha value is -1.34. The van der Waals surface area contributed by atoms with Gasteiger partial charge in [0, 0.05) is 25.7 Å². The molecule has 6 nitrogen and oxygen atoms in total. The SMILES string of the molecule is CC(CO)C(C)NC(=O)c1sc(N2CCCC2)nc1N. The molecule has 0 saturated carbocycles. The summed E-state index contributed by atoms with van der Waals surface area (Å²) in [6, 6.07) is -0.107. The number of hydrogen-bond donors (Lipinski definition) is 3. The van der Waals surface area contributed by atoms with Crippen LogP contribution in [0.15, 0.2) is 0 Å². The lowest BCUT2D eigenvalue weighted by Gasteiger charge is -2.18. The number of nitrogens with one attached hydrogen (secondary N) is 1. The lowest BCUT2D eigenvalue weighted by atomic mass is 10.1. The number of rotatable bonds is 5. The Labute approximate surface area is 123 Å². The number of thiazole rings is 1. The van der Waals surface area contributed by atoms with Gasteiger partial charge in [0.2, 0.25) is 0 Å². The van der Waals surface area contributed by atoms with Crippen LogP contribution in [0, 0.1) is 5.92 Å². The van der Waals surface area contributed by atoms with Crippen molar-refractivity contribution in [1.82, 2.24) is 10.3 Å². The Balaban J connectivity index is 2.06. The van der Waals surface area contributed by atoms with Gasteiger partial charge in [-0.2, -0.15) is 0 Å². The molecular formula is C13H22N4O2S. The quantitative estimate of drug-likeness (QED) is 0.756. The standard InChI is InChI=1S/C13H22N4O2S/c1-8(7-18)9(2)15-12(19)10-11(14)16-13(20-10)17-5-3-4-6-17/h8-9,18H,3-7,14H2,1-2H3,(H,15,19). The molecule has 1 aliphatic rings. The van der Waals surface area contributed by atoms with Crippen LogP contribution in [-0.2, 0) is 0 Å². The Kier molecular flexibility index (Phi) is 4.82. The first-order valence-corrected chi connectivity index (χ1v) is 7.77. The largest absolute Gasteiger partial charge is 0.396 e. The first-order chi connectivity index (χ1) is 9.52. The van der Waals surface area contributed by atoms with Crippen LogP contribution in [0.25, 0.3) is 0 Å². The van der Waals surface area contributed by atoms with Crippen molar-refractivity contribution in [3.8, 4) is 0 Å². The molecule has 1 aromatic heterocycles. The minimum absolute atomic E-state index is 0.00569. The molecule has 2 unspecified atom stereocenters. The maximum atomic E-state index is 12.2. The average Bonchev–Trinajstić information content (AvgIpc) is 3.06. The van der Waals surface area contributed by atoms with Crippen LogP contribution < -0.4 is 16.0 Å². The van der Waals surface area contributed by atoms with E-state index in [2.05, 4.69) is 15.2 Å². The number of aliphatic hydroxyl groups excluding tert-OH is 1. The van der Waals surface area contributed by atoms with Crippen molar-refractivity contribution < 1.29 is 9.90 Å². The number of nitrogen functional groups attached to an aromatic ring is 1. The summed E-state index contributed by atoms with van der Waals surface area (Å²) in [4.78, 5) is 19.1. The molecular weight excluding hydrogens is 276 g/mol. The second kappa shape index (κ2) is 6.41. The highest BCUT2D eigenvalue weighted by Crippen LogP contribution is 2.30. The second-order valence-corrected chi connectivity index (χ2v) is 6.30. The number of amides is 1. The Morgan fingerprint density at radius 3 is 2.75 bits per heavy atom. The average molecular weight is 298 g/mol.